The van der Waals surface area contributed by atoms with Crippen molar-refractivity contribution in [2.75, 3.05) is 109 Å². The van der Waals surface area contributed by atoms with Crippen LogP contribution in [0.15, 0.2) is 0 Å². The molecule has 31 nitrogen and oxygen atoms in total. The maximum Gasteiger partial charge on any atom is 0.303 e. The van der Waals surface area contributed by atoms with Crippen LogP contribution in [0, 0.1) is 23.7 Å². The Kier molecular flexibility index (Phi) is 36.4. The average molecular weight is 1330 g/mol. The number of hydrogen-bond donors (Lipinski definition) is 9. The molecule has 12 N–H and O–H groups in total. The molecule has 0 aliphatic carbocycles. The lowest BCUT2D eigenvalue weighted by Crippen LogP contribution is -2.55. The molecule has 0 aliphatic rings. The Morgan fingerprint density at radius 3 is 1.08 bits per heavy atom. The molecule has 0 heterocycles. The maximum absolute atomic E-state index is 14.1. The third-order valence-corrected chi connectivity index (χ3v) is 20.3. The van der Waals surface area contributed by atoms with Crippen LogP contribution < -0.4 is 43.8 Å². The Balaban J connectivity index is 6.97. The second-order valence-corrected chi connectivity index (χ2v) is 33.6. The van der Waals surface area contributed by atoms with Crippen LogP contribution in [0.4, 0.5) is 0 Å². The van der Waals surface area contributed by atoms with Gasteiger partial charge in [0, 0.05) is 82.8 Å². The van der Waals surface area contributed by atoms with Gasteiger partial charge in [0.05, 0.1) is 63.0 Å². The van der Waals surface area contributed by atoms with Crippen LogP contribution >= 0.6 is 0 Å². The summed E-state index contributed by atoms with van der Waals surface area (Å²) in [6, 6.07) is -5.09. The van der Waals surface area contributed by atoms with Crippen LogP contribution in [-0.4, -0.2) is 249 Å². The summed E-state index contributed by atoms with van der Waals surface area (Å²) < 4.78 is 137. The van der Waals surface area contributed by atoms with Gasteiger partial charge in [-0.25, -0.2) is 42.1 Å². The number of carboxylic acids is 1. The van der Waals surface area contributed by atoms with Gasteiger partial charge >= 0.3 is 5.97 Å². The van der Waals surface area contributed by atoms with E-state index in [1.165, 1.54) is 6.92 Å². The zero-order valence-corrected chi connectivity index (χ0v) is 56.2. The molecule has 5 atom stereocenters. The molecule has 0 aromatic rings. The molecular weight excluding hydrogens is 1230 g/mol. The highest BCUT2D eigenvalue weighted by atomic mass is 32.2. The lowest BCUT2D eigenvalue weighted by Gasteiger charge is -2.31. The highest BCUT2D eigenvalue weighted by molar-refractivity contribution is 7.89. The van der Waals surface area contributed by atoms with E-state index in [4.69, 9.17) is 17.2 Å². The number of nitrogens with one attached hydrogen (secondary N) is 5. The van der Waals surface area contributed by atoms with E-state index in [1.54, 1.807) is 41.5 Å². The number of unbranched alkanes of at least 4 members (excludes halogenated alkanes) is 1. The van der Waals surface area contributed by atoms with Gasteiger partial charge in [-0.1, -0.05) is 61.8 Å². The van der Waals surface area contributed by atoms with Crippen LogP contribution in [0.25, 0.3) is 0 Å². The van der Waals surface area contributed by atoms with Crippen molar-refractivity contribution in [3.63, 3.8) is 0 Å². The largest absolute Gasteiger partial charge is 0.481 e. The molecule has 0 aliphatic heterocycles. The number of rotatable bonds is 47. The van der Waals surface area contributed by atoms with E-state index >= 15 is 0 Å². The van der Waals surface area contributed by atoms with Gasteiger partial charge in [-0.2, -0.15) is 21.5 Å². The third kappa shape index (κ3) is 36.3. The van der Waals surface area contributed by atoms with Gasteiger partial charge < -0.3 is 48.9 Å². The lowest BCUT2D eigenvalue weighted by atomic mass is 10.0. The molecule has 86 heavy (non-hydrogen) atoms. The van der Waals surface area contributed by atoms with Gasteiger partial charge in [0.2, 0.25) is 85.6 Å². The van der Waals surface area contributed by atoms with Crippen molar-refractivity contribution in [2.45, 2.75) is 144 Å². The normalized spacial score (nSPS) is 14.7. The highest BCUT2D eigenvalue weighted by Gasteiger charge is 2.35. The third-order valence-electron chi connectivity index (χ3n) is 12.7. The van der Waals surface area contributed by atoms with Crippen molar-refractivity contribution in [3.8, 4) is 0 Å². The summed E-state index contributed by atoms with van der Waals surface area (Å²) in [5, 5.41) is 22.8. The molecule has 504 valence electrons. The molecule has 0 radical (unpaired) electrons. The Morgan fingerprint density at radius 1 is 0.430 bits per heavy atom. The molecule has 0 aromatic carbocycles. The fourth-order valence-corrected chi connectivity index (χ4v) is 14.7. The Hall–Kier alpha value is -4.24. The van der Waals surface area contributed by atoms with Crippen molar-refractivity contribution >= 4 is 91.5 Å². The Labute approximate surface area is 511 Å². The Morgan fingerprint density at radius 2 is 0.756 bits per heavy atom. The molecule has 0 aromatic heterocycles. The van der Waals surface area contributed by atoms with Crippen LogP contribution in [-0.2, 0) is 83.7 Å². The van der Waals surface area contributed by atoms with E-state index in [2.05, 4.69) is 26.6 Å². The van der Waals surface area contributed by atoms with Crippen LogP contribution in [0.3, 0.4) is 0 Å². The monoisotopic (exact) mass is 1330 g/mol. The van der Waals surface area contributed by atoms with Gasteiger partial charge in [-0.3, -0.25) is 33.6 Å². The highest BCUT2D eigenvalue weighted by Crippen LogP contribution is 2.17. The van der Waals surface area contributed by atoms with Gasteiger partial charge in [0.25, 0.3) is 0 Å². The number of nitrogens with two attached hydrogens (primary N) is 3. The van der Waals surface area contributed by atoms with Gasteiger partial charge in [-0.05, 0) is 68.7 Å². The first kappa shape index (κ1) is 81.8. The lowest BCUT2D eigenvalue weighted by molar-refractivity contribution is -0.137. The van der Waals surface area contributed by atoms with Gasteiger partial charge in [-0.15, -0.1) is 0 Å². The summed E-state index contributed by atoms with van der Waals surface area (Å²) >= 11 is 0. The fraction of sp³-hybridized carbons (Fsp3) is 0.860. The summed E-state index contributed by atoms with van der Waals surface area (Å²) in [5.41, 5.74) is 16.6. The summed E-state index contributed by atoms with van der Waals surface area (Å²) in [6.07, 6.45) is 2.96. The number of aliphatic carboxylic acids is 1. The molecular formula is C50H101N13O18S5. The molecule has 0 rings (SSSR count). The minimum Gasteiger partial charge on any atom is -0.481 e. The molecule has 6 amide bonds. The molecule has 0 saturated carbocycles. The number of hydrogen-bond acceptors (Lipinski definition) is 19. The fourth-order valence-electron chi connectivity index (χ4n) is 9.23. The first-order chi connectivity index (χ1) is 39.3. The van der Waals surface area contributed by atoms with E-state index in [0.717, 1.165) is 40.3 Å². The number of primary amides is 1. The molecule has 0 spiro atoms. The Bertz CT molecular complexity index is 2770. The van der Waals surface area contributed by atoms with Gasteiger partial charge in [0.1, 0.15) is 0 Å². The summed E-state index contributed by atoms with van der Waals surface area (Å²) in [7, 11) is -21.2. The molecule has 0 bridgehead atoms. The number of amides is 6. The van der Waals surface area contributed by atoms with Gasteiger partial charge in [0.15, 0.2) is 0 Å². The number of nitrogens with zero attached hydrogens (tertiary/aromatic N) is 5. The molecule has 0 fully saturated rings. The van der Waals surface area contributed by atoms with E-state index in [-0.39, 0.29) is 63.1 Å². The number of carbonyl (C=O) groups excluding carboxylic acids is 6. The SMILES string of the molecule is CC(=O)N[C@@H](CC(C)C)CN(CC(=O)N[C@@H](CCC(=O)O)CN(CC(=O)N[C@@H](CC(C)C)CN(CC(=O)N[C@@H](CCCCN)CN(CC(=O)N[C@@H](CC(C)C)CN(CC(N)=O)S(=O)(=O)CCN)S(C)(=O)=O)S(C)(=O)=O)S(=O)(=O)CC(C)C)S(C)(=O)=O. The quantitative estimate of drug-likeness (QED) is 0.0270. The van der Waals surface area contributed by atoms with E-state index in [1.807, 2.05) is 13.8 Å². The van der Waals surface area contributed by atoms with E-state index in [0.29, 0.717) is 19.3 Å². The summed E-state index contributed by atoms with van der Waals surface area (Å²) in [6.45, 7) is 8.58. The smallest absolute Gasteiger partial charge is 0.303 e. The zero-order chi connectivity index (χ0) is 66.7. The first-order valence-corrected chi connectivity index (χ1v) is 37.2. The van der Waals surface area contributed by atoms with Crippen LogP contribution in [0.1, 0.15) is 114 Å². The van der Waals surface area contributed by atoms with Crippen molar-refractivity contribution < 1.29 is 80.8 Å². The maximum atomic E-state index is 14.1. The predicted molar refractivity (Wildman–Crippen MR) is 327 cm³/mol. The summed E-state index contributed by atoms with van der Waals surface area (Å²) in [4.78, 5) is 91.1. The second kappa shape index (κ2) is 38.3. The molecule has 36 heteroatoms. The van der Waals surface area contributed by atoms with E-state index in [9.17, 15) is 80.8 Å². The topological polar surface area (TPSA) is 465 Å². The first-order valence-electron chi connectivity index (χ1n) is 28.5. The van der Waals surface area contributed by atoms with Crippen LogP contribution in [0.5, 0.6) is 0 Å². The summed E-state index contributed by atoms with van der Waals surface area (Å²) in [5.74, 6) is -8.35. The van der Waals surface area contributed by atoms with Crippen molar-refractivity contribution in [3.05, 3.63) is 0 Å². The van der Waals surface area contributed by atoms with Crippen molar-refractivity contribution in [1.82, 2.24) is 48.1 Å². The predicted octanol–water partition coefficient (Wildman–Crippen LogP) is -3.29. The second-order valence-electron chi connectivity index (χ2n) is 23.6. The number of sulfonamides is 5. The number of carboxylic acid groups (broad SMARTS) is 1. The standard InChI is InChI=1S/C50H101N13O18S5/c1-35(2)21-42(54-39(9)64)26-60(83(11,74)75)31-47(67)56-41(16-17-50(70)71)25-63(86(80,81)34-38(7)8)33-49(69)57-43(22-36(3)4)27-61(84(12,76)77)30-46(66)55-40(15-13-14-18-51)24-59(82(10,72)73)32-48(68)58-44(23-37(5)6)28-62(29-45(53)65)85(78,79)20-19-52/h35-38,40-44H,13-34,51-52H2,1-12H3,(H2,53,65)(H,54,64)(H,55,66)(H,56,67)(H,57,69)(H,58,68)(H,70,71)/t40-,41-,42-,43-,44-/m0/s1. The van der Waals surface area contributed by atoms with Crippen molar-refractivity contribution in [1.29, 1.82) is 0 Å². The minimum atomic E-state index is -4.40. The van der Waals surface area contributed by atoms with Crippen LogP contribution in [0.2, 0.25) is 0 Å². The molecule has 0 saturated heterocycles. The van der Waals surface area contributed by atoms with E-state index < -0.39 is 204 Å². The zero-order valence-electron chi connectivity index (χ0n) is 52.1. The average Bonchev–Trinajstić information content (AvgIpc) is 2.11. The molecule has 0 unspecified atom stereocenters. The number of carbonyl (C=O) groups is 7. The van der Waals surface area contributed by atoms with Crippen molar-refractivity contribution in [2.24, 2.45) is 40.9 Å². The minimum absolute atomic E-state index is 0.00494.